The van der Waals surface area contributed by atoms with Gasteiger partial charge in [0, 0.05) is 18.0 Å². The lowest BCUT2D eigenvalue weighted by molar-refractivity contribution is -0.116. The van der Waals surface area contributed by atoms with Gasteiger partial charge in [-0.05, 0) is 85.1 Å². The van der Waals surface area contributed by atoms with Crippen LogP contribution in [-0.2, 0) is 22.0 Å². The molecule has 0 unspecified atom stereocenters. The number of carbonyl (C=O) groups excluding carboxylic acids is 2. The Morgan fingerprint density at radius 1 is 0.973 bits per heavy atom. The highest BCUT2D eigenvalue weighted by Gasteiger charge is 2.26. The van der Waals surface area contributed by atoms with Gasteiger partial charge in [-0.25, -0.2) is 0 Å². The van der Waals surface area contributed by atoms with Gasteiger partial charge in [-0.2, -0.15) is 0 Å². The summed E-state index contributed by atoms with van der Waals surface area (Å²) in [5.74, 6) is -0.341. The van der Waals surface area contributed by atoms with Crippen molar-refractivity contribution < 1.29 is 14.7 Å². The van der Waals surface area contributed by atoms with Crippen molar-refractivity contribution in [2.45, 2.75) is 84.1 Å². The largest absolute Gasteiger partial charge is 0.507 e. The predicted octanol–water partition coefficient (Wildman–Crippen LogP) is 5.16. The smallest absolute Gasteiger partial charge is 0.248 e. The number of phenols is 1. The number of primary amides is 1. The Bertz CT molecular complexity index is 1100. The van der Waals surface area contributed by atoms with Crippen LogP contribution in [-0.4, -0.2) is 48.0 Å². The molecule has 7 nitrogen and oxygen atoms in total. The molecule has 0 spiro atoms. The van der Waals surface area contributed by atoms with E-state index in [0.717, 1.165) is 48.3 Å². The molecule has 0 aliphatic carbocycles. The van der Waals surface area contributed by atoms with Crippen molar-refractivity contribution in [3.05, 3.63) is 52.6 Å². The average Bonchev–Trinajstić information content (AvgIpc) is 2.79. The second-order valence-corrected chi connectivity index (χ2v) is 12.4. The van der Waals surface area contributed by atoms with Crippen molar-refractivity contribution in [3.63, 3.8) is 0 Å². The van der Waals surface area contributed by atoms with Crippen molar-refractivity contribution in [2.24, 2.45) is 5.73 Å². The van der Waals surface area contributed by atoms with Gasteiger partial charge in [-0.1, -0.05) is 53.7 Å². The fourth-order valence-corrected chi connectivity index (χ4v) is 4.75. The number of carbonyl (C=O) groups is 2. The Morgan fingerprint density at radius 3 is 2.05 bits per heavy atom. The van der Waals surface area contributed by atoms with Crippen molar-refractivity contribution in [1.29, 1.82) is 0 Å². The number of rotatable bonds is 7. The number of hydrogen-bond acceptors (Lipinski definition) is 5. The summed E-state index contributed by atoms with van der Waals surface area (Å²) in [6.07, 6.45) is 2.82. The number of anilines is 2. The van der Waals surface area contributed by atoms with Crippen LogP contribution in [0.4, 0.5) is 11.4 Å². The Morgan fingerprint density at radius 2 is 1.54 bits per heavy atom. The molecular weight excluding hydrogens is 464 g/mol. The number of piperidine rings is 1. The maximum absolute atomic E-state index is 13.1. The first-order valence-electron chi connectivity index (χ1n) is 13.2. The molecule has 0 aromatic heterocycles. The minimum absolute atomic E-state index is 0.143. The van der Waals surface area contributed by atoms with Crippen molar-refractivity contribution >= 4 is 23.2 Å². The van der Waals surface area contributed by atoms with Crippen LogP contribution < -0.4 is 16.4 Å². The lowest BCUT2D eigenvalue weighted by Crippen LogP contribution is -2.36. The van der Waals surface area contributed by atoms with Crippen molar-refractivity contribution in [3.8, 4) is 5.75 Å². The third-order valence-corrected chi connectivity index (χ3v) is 7.08. The van der Waals surface area contributed by atoms with E-state index in [1.807, 2.05) is 18.2 Å². The van der Waals surface area contributed by atoms with Gasteiger partial charge < -0.3 is 26.4 Å². The molecule has 0 atom stereocenters. The number of nitrogens with two attached hydrogens (primary N) is 1. The zero-order valence-electron chi connectivity index (χ0n) is 23.5. The Hall–Kier alpha value is -3.06. The minimum Gasteiger partial charge on any atom is -0.507 e. The number of nitrogens with zero attached hydrogens (tertiary/aromatic N) is 1. The van der Waals surface area contributed by atoms with Crippen LogP contribution >= 0.6 is 0 Å². The molecule has 1 heterocycles. The summed E-state index contributed by atoms with van der Waals surface area (Å²) in [4.78, 5) is 27.2. The number of aromatic hydroxyl groups is 1. The Balaban J connectivity index is 1.79. The summed E-state index contributed by atoms with van der Waals surface area (Å²) in [6.45, 7) is 14.5. The van der Waals surface area contributed by atoms with Crippen LogP contribution in [0.1, 0.15) is 87.9 Å². The monoisotopic (exact) mass is 508 g/mol. The number of amides is 2. The van der Waals surface area contributed by atoms with E-state index in [1.165, 1.54) is 0 Å². The standard InChI is InChI=1S/C30H44N4O3/c1-29(2,3)22-16-19(17-23(27(22)36)30(4,5)6)8-11-26(35)33-25-18-20(28(31)37)9-10-24(25)32-21-12-14-34(7)15-13-21/h9-10,16-18,21,32,36H,8,11-15H2,1-7H3,(H2,31,37)(H,33,35). The van der Waals surface area contributed by atoms with Gasteiger partial charge in [0.25, 0.3) is 0 Å². The third-order valence-electron chi connectivity index (χ3n) is 7.08. The maximum Gasteiger partial charge on any atom is 0.248 e. The lowest BCUT2D eigenvalue weighted by Gasteiger charge is -2.30. The van der Waals surface area contributed by atoms with E-state index < -0.39 is 5.91 Å². The highest BCUT2D eigenvalue weighted by Crippen LogP contribution is 2.40. The molecular formula is C30H44N4O3. The van der Waals surface area contributed by atoms with Gasteiger partial charge in [0.2, 0.25) is 11.8 Å². The van der Waals surface area contributed by atoms with Crippen LogP contribution in [0.15, 0.2) is 30.3 Å². The summed E-state index contributed by atoms with van der Waals surface area (Å²) < 4.78 is 0. The van der Waals surface area contributed by atoms with E-state index >= 15 is 0 Å². The first kappa shape index (κ1) is 28.5. The highest BCUT2D eigenvalue weighted by molar-refractivity contribution is 5.99. The van der Waals surface area contributed by atoms with Gasteiger partial charge >= 0.3 is 0 Å². The second-order valence-electron chi connectivity index (χ2n) is 12.4. The molecule has 0 bridgehead atoms. The molecule has 3 rings (SSSR count). The van der Waals surface area contributed by atoms with E-state index in [9.17, 15) is 14.7 Å². The summed E-state index contributed by atoms with van der Waals surface area (Å²) in [7, 11) is 2.12. The first-order chi connectivity index (χ1) is 17.1. The molecule has 37 heavy (non-hydrogen) atoms. The molecule has 2 aromatic carbocycles. The zero-order valence-corrected chi connectivity index (χ0v) is 23.5. The van der Waals surface area contributed by atoms with Crippen molar-refractivity contribution in [1.82, 2.24) is 4.90 Å². The summed E-state index contributed by atoms with van der Waals surface area (Å²) in [6, 6.07) is 9.48. The fraction of sp³-hybridized carbons (Fsp3) is 0.533. The fourth-order valence-electron chi connectivity index (χ4n) is 4.75. The van der Waals surface area contributed by atoms with Gasteiger partial charge in [0.05, 0.1) is 11.4 Å². The maximum atomic E-state index is 13.1. The molecule has 2 aromatic rings. The molecule has 202 valence electrons. The number of likely N-dealkylation sites (tertiary alicyclic amines) is 1. The molecule has 0 radical (unpaired) electrons. The Labute approximate surface area is 221 Å². The topological polar surface area (TPSA) is 108 Å². The average molecular weight is 509 g/mol. The number of nitrogens with one attached hydrogen (secondary N) is 2. The number of aryl methyl sites for hydroxylation is 1. The number of benzene rings is 2. The summed E-state index contributed by atoms with van der Waals surface area (Å²) >= 11 is 0. The number of hydrogen-bond donors (Lipinski definition) is 4. The molecule has 2 amide bonds. The van der Waals surface area contributed by atoms with Crippen LogP contribution in [0.3, 0.4) is 0 Å². The van der Waals surface area contributed by atoms with Gasteiger partial charge in [0.15, 0.2) is 0 Å². The molecule has 1 aliphatic rings. The van der Waals surface area contributed by atoms with Crippen LogP contribution in [0, 0.1) is 0 Å². The third kappa shape index (κ3) is 7.48. The molecule has 7 heteroatoms. The van der Waals surface area contributed by atoms with E-state index in [0.29, 0.717) is 29.5 Å². The quantitative estimate of drug-likeness (QED) is 0.413. The number of phenolic OH excluding ortho intramolecular Hbond substituents is 1. The molecule has 1 aliphatic heterocycles. The molecule has 5 N–H and O–H groups in total. The summed E-state index contributed by atoms with van der Waals surface area (Å²) in [5.41, 5.74) is 9.54. The van der Waals surface area contributed by atoms with E-state index in [1.54, 1.807) is 12.1 Å². The van der Waals surface area contributed by atoms with E-state index in [2.05, 4.69) is 64.1 Å². The van der Waals surface area contributed by atoms with Crippen molar-refractivity contribution in [2.75, 3.05) is 30.8 Å². The first-order valence-corrected chi connectivity index (χ1v) is 13.2. The Kier molecular flexibility index (Phi) is 8.58. The highest BCUT2D eigenvalue weighted by atomic mass is 16.3. The zero-order chi connectivity index (χ0) is 27.5. The van der Waals surface area contributed by atoms with Gasteiger partial charge in [0.1, 0.15) is 5.75 Å². The van der Waals surface area contributed by atoms with Gasteiger partial charge in [-0.3, -0.25) is 9.59 Å². The van der Waals surface area contributed by atoms with Crippen LogP contribution in [0.5, 0.6) is 5.75 Å². The minimum atomic E-state index is -0.533. The molecule has 0 saturated carbocycles. The van der Waals surface area contributed by atoms with E-state index in [-0.39, 0.29) is 23.2 Å². The van der Waals surface area contributed by atoms with E-state index in [4.69, 9.17) is 5.73 Å². The predicted molar refractivity (Wildman–Crippen MR) is 152 cm³/mol. The van der Waals surface area contributed by atoms with Gasteiger partial charge in [-0.15, -0.1) is 0 Å². The van der Waals surface area contributed by atoms with Crippen LogP contribution in [0.25, 0.3) is 0 Å². The normalized spacial score (nSPS) is 15.4. The molecule has 1 saturated heterocycles. The lowest BCUT2D eigenvalue weighted by atomic mass is 9.78. The SMILES string of the molecule is CN1CCC(Nc2ccc(C(N)=O)cc2NC(=O)CCc2cc(C(C)(C)C)c(O)c(C(C)(C)C)c2)CC1. The summed E-state index contributed by atoms with van der Waals surface area (Å²) in [5, 5.41) is 17.5. The molecule has 1 fully saturated rings. The van der Waals surface area contributed by atoms with Crippen LogP contribution in [0.2, 0.25) is 0 Å². The second kappa shape index (κ2) is 11.1.